The van der Waals surface area contributed by atoms with Crippen LogP contribution in [0.4, 0.5) is 17.1 Å². The fourth-order valence-corrected chi connectivity index (χ4v) is 3.88. The molecule has 0 aliphatic heterocycles. The summed E-state index contributed by atoms with van der Waals surface area (Å²) in [5, 5.41) is 59.2. The SMILES string of the molecule is CC(=O)C(=NCc1ccc(C(=O)O)cc1C(=O)O)C(=O)Nc1ccc(NC(=O)C(N=Nc2ccc(C(=O)O)cc2C(=O)O)=C(C)O)cc1. The van der Waals surface area contributed by atoms with Gasteiger partial charge in [0.05, 0.1) is 28.8 Å². The number of nitrogens with zero attached hydrogens (tertiary/aromatic N) is 3. The number of nitrogens with one attached hydrogen (secondary N) is 2. The van der Waals surface area contributed by atoms with Crippen LogP contribution in [0.3, 0.4) is 0 Å². The second kappa shape index (κ2) is 15.3. The molecule has 3 rings (SSSR count). The van der Waals surface area contributed by atoms with Crippen LogP contribution in [0.1, 0.15) is 60.8 Å². The number of Topliss-reactive ketones (excluding diaryl/α,β-unsaturated/α-hetero) is 1. The van der Waals surface area contributed by atoms with E-state index in [-0.39, 0.29) is 39.3 Å². The number of azo groups is 1. The number of aliphatic hydroxyl groups excluding tert-OH is 1. The second-order valence-corrected chi connectivity index (χ2v) is 9.67. The summed E-state index contributed by atoms with van der Waals surface area (Å²) >= 11 is 0. The molecule has 246 valence electrons. The number of allylic oxidation sites excluding steroid dienone is 1. The van der Waals surface area contributed by atoms with Crippen LogP contribution in [0.2, 0.25) is 0 Å². The number of aliphatic hydroxyl groups is 1. The number of hydrogen-bond donors (Lipinski definition) is 7. The van der Waals surface area contributed by atoms with E-state index in [9.17, 15) is 48.9 Å². The average Bonchev–Trinajstić information content (AvgIpc) is 3.01. The fourth-order valence-electron chi connectivity index (χ4n) is 3.88. The highest BCUT2D eigenvalue weighted by molar-refractivity contribution is 6.67. The lowest BCUT2D eigenvalue weighted by atomic mass is 10.0. The van der Waals surface area contributed by atoms with Crippen molar-refractivity contribution >= 4 is 64.2 Å². The standard InChI is InChI=1S/C31H25N5O12/c1-14(37)24(32-13-18-4-3-16(28(41)42)11-21(18)30(45)46)26(39)33-19-6-8-20(9-7-19)34-27(40)25(15(2)38)36-35-23-10-5-17(29(43)44)12-22(23)31(47)48/h3-12,38H,13H2,1-2H3,(H,33,39)(H,34,40)(H,41,42)(H,43,44)(H,45,46)(H,47,48). The van der Waals surface area contributed by atoms with Crippen molar-refractivity contribution in [2.24, 2.45) is 15.2 Å². The number of carbonyl (C=O) groups excluding carboxylic acids is 3. The van der Waals surface area contributed by atoms with Gasteiger partial charge >= 0.3 is 23.9 Å². The minimum Gasteiger partial charge on any atom is -0.510 e. The Bertz CT molecular complexity index is 1940. The van der Waals surface area contributed by atoms with Crippen molar-refractivity contribution in [2.75, 3.05) is 10.6 Å². The van der Waals surface area contributed by atoms with Gasteiger partial charge in [-0.2, -0.15) is 0 Å². The van der Waals surface area contributed by atoms with Gasteiger partial charge in [-0.25, -0.2) is 19.2 Å². The quantitative estimate of drug-likeness (QED) is 0.0448. The molecule has 0 aliphatic carbocycles. The number of rotatable bonds is 13. The molecule has 0 unspecified atom stereocenters. The van der Waals surface area contributed by atoms with Gasteiger partial charge < -0.3 is 36.2 Å². The molecule has 17 nitrogen and oxygen atoms in total. The summed E-state index contributed by atoms with van der Waals surface area (Å²) in [6.07, 6.45) is 0. The highest BCUT2D eigenvalue weighted by Gasteiger charge is 2.20. The number of hydrogen-bond acceptors (Lipinski definition) is 11. The van der Waals surface area contributed by atoms with Crippen molar-refractivity contribution in [3.63, 3.8) is 0 Å². The Morgan fingerprint density at radius 2 is 1.12 bits per heavy atom. The molecule has 0 heterocycles. The Kier molecular flexibility index (Phi) is 11.3. The molecule has 0 bridgehead atoms. The molecule has 0 spiro atoms. The van der Waals surface area contributed by atoms with Crippen LogP contribution in [0.25, 0.3) is 0 Å². The number of carboxylic acid groups (broad SMARTS) is 4. The molecular weight excluding hydrogens is 634 g/mol. The van der Waals surface area contributed by atoms with Crippen molar-refractivity contribution in [3.05, 3.63) is 99.9 Å². The van der Waals surface area contributed by atoms with Crippen LogP contribution in [0, 0.1) is 0 Å². The van der Waals surface area contributed by atoms with Crippen molar-refractivity contribution < 1.29 is 59.1 Å². The Morgan fingerprint density at radius 3 is 1.60 bits per heavy atom. The van der Waals surface area contributed by atoms with Crippen LogP contribution in [-0.4, -0.2) is 72.7 Å². The lowest BCUT2D eigenvalue weighted by Crippen LogP contribution is -2.28. The van der Waals surface area contributed by atoms with Gasteiger partial charge in [0.25, 0.3) is 11.8 Å². The zero-order valence-corrected chi connectivity index (χ0v) is 24.9. The molecular formula is C31H25N5O12. The molecule has 0 saturated heterocycles. The fraction of sp³-hybridized carbons (Fsp3) is 0.0968. The van der Waals surface area contributed by atoms with Crippen LogP contribution in [0.15, 0.2) is 87.3 Å². The first-order valence-corrected chi connectivity index (χ1v) is 13.4. The van der Waals surface area contributed by atoms with Gasteiger partial charge in [0.2, 0.25) is 0 Å². The maximum atomic E-state index is 12.8. The van der Waals surface area contributed by atoms with Gasteiger partial charge in [-0.3, -0.25) is 19.4 Å². The van der Waals surface area contributed by atoms with E-state index in [0.717, 1.165) is 44.2 Å². The van der Waals surface area contributed by atoms with Gasteiger partial charge in [0.1, 0.15) is 11.4 Å². The van der Waals surface area contributed by atoms with Gasteiger partial charge in [0, 0.05) is 18.3 Å². The molecule has 2 amide bonds. The monoisotopic (exact) mass is 659 g/mol. The molecule has 0 fully saturated rings. The van der Waals surface area contributed by atoms with E-state index in [1.54, 1.807) is 0 Å². The van der Waals surface area contributed by atoms with E-state index in [2.05, 4.69) is 25.9 Å². The van der Waals surface area contributed by atoms with Crippen molar-refractivity contribution in [1.82, 2.24) is 0 Å². The highest BCUT2D eigenvalue weighted by Crippen LogP contribution is 2.24. The lowest BCUT2D eigenvalue weighted by molar-refractivity contribution is -0.115. The van der Waals surface area contributed by atoms with Crippen LogP contribution in [0.5, 0.6) is 0 Å². The third-order valence-electron chi connectivity index (χ3n) is 6.23. The van der Waals surface area contributed by atoms with E-state index in [1.165, 1.54) is 30.3 Å². The zero-order chi connectivity index (χ0) is 35.7. The molecule has 0 radical (unpaired) electrons. The van der Waals surface area contributed by atoms with Crippen LogP contribution < -0.4 is 10.6 Å². The first-order chi connectivity index (χ1) is 22.6. The largest absolute Gasteiger partial charge is 0.510 e. The maximum absolute atomic E-state index is 12.8. The van der Waals surface area contributed by atoms with Crippen LogP contribution in [-0.2, 0) is 20.9 Å². The Balaban J connectivity index is 1.74. The van der Waals surface area contributed by atoms with E-state index in [0.29, 0.717) is 0 Å². The Morgan fingerprint density at radius 1 is 0.625 bits per heavy atom. The van der Waals surface area contributed by atoms with E-state index >= 15 is 0 Å². The lowest BCUT2D eigenvalue weighted by Gasteiger charge is -2.10. The first kappa shape index (κ1) is 35.4. The van der Waals surface area contributed by atoms with Gasteiger partial charge in [0.15, 0.2) is 17.2 Å². The second-order valence-electron chi connectivity index (χ2n) is 9.67. The highest BCUT2D eigenvalue weighted by atomic mass is 16.4. The van der Waals surface area contributed by atoms with Crippen molar-refractivity contribution in [3.8, 4) is 0 Å². The number of benzene rings is 3. The summed E-state index contributed by atoms with van der Waals surface area (Å²) in [5.74, 6) is -8.86. The van der Waals surface area contributed by atoms with E-state index in [4.69, 9.17) is 10.2 Å². The number of amides is 2. The summed E-state index contributed by atoms with van der Waals surface area (Å²) in [4.78, 5) is 87.2. The van der Waals surface area contributed by atoms with Gasteiger partial charge in [-0.05, 0) is 67.1 Å². The number of anilines is 2. The zero-order valence-electron chi connectivity index (χ0n) is 24.9. The van der Waals surface area contributed by atoms with E-state index < -0.39 is 70.8 Å². The summed E-state index contributed by atoms with van der Waals surface area (Å²) in [7, 11) is 0. The summed E-state index contributed by atoms with van der Waals surface area (Å²) < 4.78 is 0. The average molecular weight is 660 g/mol. The Labute approximate surface area is 269 Å². The van der Waals surface area contributed by atoms with Crippen molar-refractivity contribution in [1.29, 1.82) is 0 Å². The number of carbonyl (C=O) groups is 7. The van der Waals surface area contributed by atoms with Gasteiger partial charge in [-0.1, -0.05) is 6.07 Å². The summed E-state index contributed by atoms with van der Waals surface area (Å²) in [6, 6.07) is 11.7. The summed E-state index contributed by atoms with van der Waals surface area (Å²) in [5.41, 5.74) is -2.54. The first-order valence-electron chi connectivity index (χ1n) is 13.4. The maximum Gasteiger partial charge on any atom is 0.337 e. The minimum absolute atomic E-state index is 0.0589. The molecule has 7 N–H and O–H groups in total. The van der Waals surface area contributed by atoms with Crippen LogP contribution >= 0.6 is 0 Å². The number of ketones is 1. The number of aromatic carboxylic acids is 4. The number of aliphatic imine (C=N–C) groups is 1. The normalized spacial score (nSPS) is 11.8. The third-order valence-corrected chi connectivity index (χ3v) is 6.23. The predicted molar refractivity (Wildman–Crippen MR) is 166 cm³/mol. The molecule has 0 atom stereocenters. The number of carboxylic acids is 4. The minimum atomic E-state index is -1.50. The Hall–Kier alpha value is -7.04. The topological polar surface area (TPSA) is 282 Å². The molecule has 48 heavy (non-hydrogen) atoms. The smallest absolute Gasteiger partial charge is 0.337 e. The third kappa shape index (κ3) is 9.00. The molecule has 0 aliphatic rings. The van der Waals surface area contributed by atoms with Crippen molar-refractivity contribution in [2.45, 2.75) is 20.4 Å². The molecule has 3 aromatic carbocycles. The molecule has 3 aromatic rings. The molecule has 0 saturated carbocycles. The predicted octanol–water partition coefficient (Wildman–Crippen LogP) is 4.16. The summed E-state index contributed by atoms with van der Waals surface area (Å²) in [6.45, 7) is 1.78. The van der Waals surface area contributed by atoms with Gasteiger partial charge in [-0.15, -0.1) is 10.2 Å². The molecule has 17 heteroatoms. The molecule has 0 aromatic heterocycles. The van der Waals surface area contributed by atoms with E-state index in [1.807, 2.05) is 0 Å².